The summed E-state index contributed by atoms with van der Waals surface area (Å²) in [7, 11) is 1.49. The molecule has 0 amide bonds. The van der Waals surface area contributed by atoms with Gasteiger partial charge in [0.1, 0.15) is 11.3 Å². The average molecular weight is 439 g/mol. The van der Waals surface area contributed by atoms with E-state index >= 15 is 0 Å². The lowest BCUT2D eigenvalue weighted by molar-refractivity contribution is 0.0693. The van der Waals surface area contributed by atoms with Crippen LogP contribution in [0.5, 0.6) is 5.75 Å². The number of allylic oxidation sites excluding steroid dienone is 1. The van der Waals surface area contributed by atoms with Gasteiger partial charge in [0.25, 0.3) is 0 Å². The van der Waals surface area contributed by atoms with Gasteiger partial charge >= 0.3 is 5.97 Å². The molecule has 1 aromatic heterocycles. The number of carboxylic acids is 1. The molecule has 2 heterocycles. The molecule has 162 valence electrons. The van der Waals surface area contributed by atoms with Crippen molar-refractivity contribution < 1.29 is 14.6 Å². The summed E-state index contributed by atoms with van der Waals surface area (Å²) in [6.07, 6.45) is 6.29. The number of likely N-dealkylation sites (tertiary alicyclic amines) is 1. The van der Waals surface area contributed by atoms with Gasteiger partial charge in [0, 0.05) is 35.2 Å². The highest BCUT2D eigenvalue weighted by Crippen LogP contribution is 2.36. The zero-order chi connectivity index (χ0) is 22.0. The van der Waals surface area contributed by atoms with Crippen molar-refractivity contribution in [3.05, 3.63) is 77.0 Å². The Labute approximate surface area is 187 Å². The van der Waals surface area contributed by atoms with Crippen molar-refractivity contribution in [1.29, 1.82) is 0 Å². The summed E-state index contributed by atoms with van der Waals surface area (Å²) >= 11 is 6.30. The Morgan fingerprint density at radius 2 is 2.03 bits per heavy atom. The van der Waals surface area contributed by atoms with E-state index < -0.39 is 5.97 Å². The molecule has 2 aromatic carbocycles. The van der Waals surface area contributed by atoms with Gasteiger partial charge < -0.3 is 14.4 Å². The van der Waals surface area contributed by atoms with E-state index in [1.54, 1.807) is 12.1 Å². The summed E-state index contributed by atoms with van der Waals surface area (Å²) in [6, 6.07) is 11.5. The van der Waals surface area contributed by atoms with Gasteiger partial charge in [0.2, 0.25) is 0 Å². The zero-order valence-electron chi connectivity index (χ0n) is 17.7. The predicted octanol–water partition coefficient (Wildman–Crippen LogP) is 5.57. The molecule has 3 aromatic rings. The van der Waals surface area contributed by atoms with Gasteiger partial charge in [-0.2, -0.15) is 0 Å². The van der Waals surface area contributed by atoms with Crippen molar-refractivity contribution in [2.24, 2.45) is 0 Å². The third-order valence-corrected chi connectivity index (χ3v) is 6.36. The Morgan fingerprint density at radius 3 is 2.71 bits per heavy atom. The minimum absolute atomic E-state index is 0.210. The number of hydrogen-bond acceptors (Lipinski definition) is 3. The molecule has 31 heavy (non-hydrogen) atoms. The average Bonchev–Trinajstić information content (AvgIpc) is 3.12. The fraction of sp³-hybridized carbons (Fsp3) is 0.320. The summed E-state index contributed by atoms with van der Waals surface area (Å²) in [4.78, 5) is 13.9. The Balaban J connectivity index is 1.48. The number of carboxylic acid groups (broad SMARTS) is 1. The number of rotatable bonds is 7. The molecular weight excluding hydrogens is 412 g/mol. The second kappa shape index (κ2) is 9.16. The van der Waals surface area contributed by atoms with E-state index in [-0.39, 0.29) is 5.56 Å². The summed E-state index contributed by atoms with van der Waals surface area (Å²) in [5.74, 6) is -0.0924. The maximum Gasteiger partial charge on any atom is 0.339 e. The van der Waals surface area contributed by atoms with Crippen molar-refractivity contribution in [2.75, 3.05) is 20.2 Å². The molecule has 0 atom stereocenters. The molecule has 6 heteroatoms. The highest BCUT2D eigenvalue weighted by Gasteiger charge is 2.24. The van der Waals surface area contributed by atoms with Crippen molar-refractivity contribution in [2.45, 2.75) is 31.8 Å². The molecule has 1 fully saturated rings. The first-order valence-electron chi connectivity index (χ1n) is 10.5. The van der Waals surface area contributed by atoms with E-state index in [1.807, 2.05) is 18.2 Å². The number of halogens is 1. The van der Waals surface area contributed by atoms with Gasteiger partial charge in [-0.15, -0.1) is 6.58 Å². The van der Waals surface area contributed by atoms with Crippen LogP contribution in [0.3, 0.4) is 0 Å². The zero-order valence-corrected chi connectivity index (χ0v) is 18.4. The number of hydrogen-bond donors (Lipinski definition) is 1. The molecule has 0 bridgehead atoms. The summed E-state index contributed by atoms with van der Waals surface area (Å²) in [5.41, 5.74) is 3.76. The third kappa shape index (κ3) is 4.48. The van der Waals surface area contributed by atoms with Crippen LogP contribution in [0.15, 0.2) is 55.3 Å². The number of ether oxygens (including phenoxy) is 1. The van der Waals surface area contributed by atoms with Crippen LogP contribution < -0.4 is 4.74 Å². The Hall–Kier alpha value is -2.76. The summed E-state index contributed by atoms with van der Waals surface area (Å²) in [6.45, 7) is 7.33. The molecule has 4 rings (SSSR count). The smallest absolute Gasteiger partial charge is 0.339 e. The second-order valence-electron chi connectivity index (χ2n) is 8.08. The first-order chi connectivity index (χ1) is 15.0. The van der Waals surface area contributed by atoms with E-state index in [2.05, 4.69) is 34.4 Å². The van der Waals surface area contributed by atoms with Crippen LogP contribution in [0.4, 0.5) is 0 Å². The minimum atomic E-state index is -0.966. The van der Waals surface area contributed by atoms with Crippen LogP contribution in [-0.2, 0) is 13.1 Å². The number of benzene rings is 2. The Bertz CT molecular complexity index is 1110. The molecule has 0 unspecified atom stereocenters. The lowest BCUT2D eigenvalue weighted by Crippen LogP contribution is -2.32. The number of methoxy groups -OCH3 is 1. The fourth-order valence-electron chi connectivity index (χ4n) is 4.59. The normalized spacial score (nSPS) is 15.3. The van der Waals surface area contributed by atoms with Crippen LogP contribution in [0.2, 0.25) is 5.02 Å². The van der Waals surface area contributed by atoms with E-state index in [9.17, 15) is 9.90 Å². The van der Waals surface area contributed by atoms with Crippen molar-refractivity contribution >= 4 is 28.5 Å². The van der Waals surface area contributed by atoms with Crippen molar-refractivity contribution in [1.82, 2.24) is 9.47 Å². The van der Waals surface area contributed by atoms with Crippen LogP contribution in [0.25, 0.3) is 10.9 Å². The molecule has 5 nitrogen and oxygen atoms in total. The number of aromatic nitrogens is 1. The monoisotopic (exact) mass is 438 g/mol. The fourth-order valence-corrected chi connectivity index (χ4v) is 4.77. The van der Waals surface area contributed by atoms with E-state index in [0.29, 0.717) is 11.7 Å². The second-order valence-corrected chi connectivity index (χ2v) is 8.51. The molecule has 1 aliphatic heterocycles. The van der Waals surface area contributed by atoms with E-state index in [4.69, 9.17) is 16.3 Å². The maximum absolute atomic E-state index is 11.5. The number of aromatic carboxylic acids is 1. The number of nitrogens with zero attached hydrogens (tertiary/aromatic N) is 2. The van der Waals surface area contributed by atoms with Gasteiger partial charge in [-0.25, -0.2) is 4.79 Å². The molecule has 1 aliphatic rings. The maximum atomic E-state index is 11.5. The lowest BCUT2D eigenvalue weighted by Gasteiger charge is -2.32. The third-order valence-electron chi connectivity index (χ3n) is 6.13. The Morgan fingerprint density at radius 1 is 1.26 bits per heavy atom. The van der Waals surface area contributed by atoms with Gasteiger partial charge in [-0.3, -0.25) is 4.90 Å². The SMILES string of the molecule is C=CCn1cc(C2CCN(Cc3ccc(OC)c(C(=O)O)c3)CC2)c2cc(Cl)ccc21. The molecule has 0 aliphatic carbocycles. The van der Waals surface area contributed by atoms with Crippen LogP contribution in [-0.4, -0.2) is 40.7 Å². The lowest BCUT2D eigenvalue weighted by atomic mass is 9.89. The van der Waals surface area contributed by atoms with Crippen LogP contribution in [0, 0.1) is 0 Å². The van der Waals surface area contributed by atoms with E-state index in [0.717, 1.165) is 49.6 Å². The largest absolute Gasteiger partial charge is 0.496 e. The van der Waals surface area contributed by atoms with Gasteiger partial charge in [0.15, 0.2) is 0 Å². The molecule has 1 N–H and O–H groups in total. The van der Waals surface area contributed by atoms with Crippen molar-refractivity contribution in [3.63, 3.8) is 0 Å². The highest BCUT2D eigenvalue weighted by atomic mass is 35.5. The molecule has 0 spiro atoms. The first kappa shape index (κ1) is 21.5. The molecule has 0 saturated carbocycles. The molecule has 1 saturated heterocycles. The number of piperidine rings is 1. The Kier molecular flexibility index (Phi) is 6.35. The van der Waals surface area contributed by atoms with Crippen LogP contribution >= 0.6 is 11.6 Å². The topological polar surface area (TPSA) is 54.7 Å². The van der Waals surface area contributed by atoms with E-state index in [1.165, 1.54) is 23.6 Å². The minimum Gasteiger partial charge on any atom is -0.496 e. The number of fused-ring (bicyclic) bond motifs is 1. The highest BCUT2D eigenvalue weighted by molar-refractivity contribution is 6.31. The summed E-state index contributed by atoms with van der Waals surface area (Å²) in [5, 5.41) is 11.4. The first-order valence-corrected chi connectivity index (χ1v) is 10.9. The van der Waals surface area contributed by atoms with Gasteiger partial charge in [-0.1, -0.05) is 23.7 Å². The quantitative estimate of drug-likeness (QED) is 0.490. The molecular formula is C25H27ClN2O3. The van der Waals surface area contributed by atoms with Crippen molar-refractivity contribution in [3.8, 4) is 5.75 Å². The van der Waals surface area contributed by atoms with Gasteiger partial charge in [-0.05, 0) is 73.3 Å². The standard InChI is InChI=1S/C25H27ClN2O3/c1-3-10-28-16-22(20-14-19(26)5-6-23(20)28)18-8-11-27(12-9-18)15-17-4-7-24(31-2)21(13-17)25(29)30/h3-7,13-14,16,18H,1,8-12,15H2,2H3,(H,29,30). The van der Waals surface area contributed by atoms with Gasteiger partial charge in [0.05, 0.1) is 7.11 Å². The predicted molar refractivity (Wildman–Crippen MR) is 124 cm³/mol. The summed E-state index contributed by atoms with van der Waals surface area (Å²) < 4.78 is 7.41. The number of carbonyl (C=O) groups is 1. The van der Waals surface area contributed by atoms with Crippen LogP contribution in [0.1, 0.15) is 40.2 Å². The molecule has 0 radical (unpaired) electrons.